The minimum absolute atomic E-state index is 0.712. The van der Waals surface area contributed by atoms with Gasteiger partial charge in [0.05, 0.1) is 0 Å². The fourth-order valence-corrected chi connectivity index (χ4v) is 3.57. The highest BCUT2D eigenvalue weighted by Gasteiger charge is 2.32. The quantitative estimate of drug-likeness (QED) is 0.827. The van der Waals surface area contributed by atoms with Crippen LogP contribution in [0.5, 0.6) is 0 Å². The van der Waals surface area contributed by atoms with Crippen molar-refractivity contribution in [2.24, 2.45) is 5.92 Å². The van der Waals surface area contributed by atoms with E-state index in [9.17, 15) is 0 Å². The lowest BCUT2D eigenvalue weighted by molar-refractivity contribution is 0.365. The third-order valence-corrected chi connectivity index (χ3v) is 4.65. The van der Waals surface area contributed by atoms with Crippen LogP contribution in [0.1, 0.15) is 56.1 Å². The van der Waals surface area contributed by atoms with Crippen LogP contribution < -0.4 is 5.32 Å². The number of aryl methyl sites for hydroxylation is 1. The predicted molar refractivity (Wildman–Crippen MR) is 76.9 cm³/mol. The van der Waals surface area contributed by atoms with Crippen LogP contribution in [0.25, 0.3) is 0 Å². The van der Waals surface area contributed by atoms with E-state index in [2.05, 4.69) is 36.5 Å². The van der Waals surface area contributed by atoms with Crippen LogP contribution in [0.15, 0.2) is 24.3 Å². The molecule has 1 heteroatoms. The lowest BCUT2D eigenvalue weighted by atomic mass is 9.77. The van der Waals surface area contributed by atoms with Crippen LogP contribution in [0, 0.1) is 5.92 Å². The molecule has 0 amide bonds. The summed E-state index contributed by atoms with van der Waals surface area (Å²) in [5.74, 6) is 1.78. The molecule has 0 bridgehead atoms. The Morgan fingerprint density at radius 1 is 1.22 bits per heavy atom. The Hall–Kier alpha value is -0.820. The molecule has 1 aromatic carbocycles. The van der Waals surface area contributed by atoms with Gasteiger partial charge in [-0.25, -0.2) is 0 Å². The first-order chi connectivity index (χ1) is 8.88. The normalized spacial score (nSPS) is 24.6. The second-order valence-corrected chi connectivity index (χ2v) is 6.04. The molecule has 0 aromatic heterocycles. The summed E-state index contributed by atoms with van der Waals surface area (Å²) in [6, 6.07) is 9.84. The molecule has 0 spiro atoms. The second kappa shape index (κ2) is 5.44. The van der Waals surface area contributed by atoms with E-state index >= 15 is 0 Å². The molecule has 2 atom stereocenters. The van der Waals surface area contributed by atoms with E-state index in [1.54, 1.807) is 11.1 Å². The summed E-state index contributed by atoms with van der Waals surface area (Å²) in [4.78, 5) is 0. The highest BCUT2D eigenvalue weighted by molar-refractivity contribution is 5.33. The summed E-state index contributed by atoms with van der Waals surface area (Å²) in [6.07, 6.45) is 8.37. The maximum Gasteiger partial charge on any atom is 0.0138 e. The highest BCUT2D eigenvalue weighted by atomic mass is 14.9. The minimum Gasteiger partial charge on any atom is -0.314 e. The van der Waals surface area contributed by atoms with Gasteiger partial charge < -0.3 is 5.32 Å². The number of rotatable bonds is 5. The Morgan fingerprint density at radius 3 is 2.83 bits per heavy atom. The standard InChI is InChI=1S/C17H25N/c1-2-18-17(12-13-10-11-13)16-9-5-7-14-6-3-4-8-15(14)16/h3-4,6,8,13,16-18H,2,5,7,9-12H2,1H3. The van der Waals surface area contributed by atoms with Crippen molar-refractivity contribution in [3.63, 3.8) is 0 Å². The SMILES string of the molecule is CCNC(CC1CC1)C1CCCc2ccccc21. The van der Waals surface area contributed by atoms with Crippen LogP contribution in [0.2, 0.25) is 0 Å². The maximum absolute atomic E-state index is 3.76. The van der Waals surface area contributed by atoms with E-state index in [4.69, 9.17) is 0 Å². The molecule has 0 saturated heterocycles. The van der Waals surface area contributed by atoms with Gasteiger partial charge in [-0.1, -0.05) is 44.0 Å². The average Bonchev–Trinajstić information content (AvgIpc) is 3.22. The lowest BCUT2D eigenvalue weighted by Crippen LogP contribution is -2.36. The number of likely N-dealkylation sites (N-methyl/N-ethyl adjacent to an activating group) is 1. The Labute approximate surface area is 111 Å². The molecule has 1 N–H and O–H groups in total. The number of hydrogen-bond donors (Lipinski definition) is 1. The van der Waals surface area contributed by atoms with E-state index in [0.29, 0.717) is 6.04 Å². The molecule has 1 nitrogen and oxygen atoms in total. The van der Waals surface area contributed by atoms with Crippen LogP contribution >= 0.6 is 0 Å². The first-order valence-electron chi connectivity index (χ1n) is 7.69. The first kappa shape index (κ1) is 12.2. The van der Waals surface area contributed by atoms with E-state index in [1.807, 2.05) is 0 Å². The number of hydrogen-bond acceptors (Lipinski definition) is 1. The maximum atomic E-state index is 3.76. The fourth-order valence-electron chi connectivity index (χ4n) is 3.57. The van der Waals surface area contributed by atoms with Crippen LogP contribution in [-0.2, 0) is 6.42 Å². The summed E-state index contributed by atoms with van der Waals surface area (Å²) in [5, 5.41) is 3.76. The molecule has 2 aliphatic rings. The third-order valence-electron chi connectivity index (χ3n) is 4.65. The van der Waals surface area contributed by atoms with Gasteiger partial charge >= 0.3 is 0 Å². The lowest BCUT2D eigenvalue weighted by Gasteiger charge is -2.33. The third kappa shape index (κ3) is 2.61. The number of nitrogens with one attached hydrogen (secondary N) is 1. The first-order valence-corrected chi connectivity index (χ1v) is 7.69. The Morgan fingerprint density at radius 2 is 2.06 bits per heavy atom. The Bertz CT molecular complexity index is 394. The summed E-state index contributed by atoms with van der Waals surface area (Å²) in [5.41, 5.74) is 3.24. The minimum atomic E-state index is 0.712. The van der Waals surface area contributed by atoms with Crippen molar-refractivity contribution in [1.29, 1.82) is 0 Å². The van der Waals surface area contributed by atoms with Gasteiger partial charge in [-0.15, -0.1) is 0 Å². The van der Waals surface area contributed by atoms with Gasteiger partial charge in [0.15, 0.2) is 0 Å². The van der Waals surface area contributed by atoms with Gasteiger partial charge in [0, 0.05) is 6.04 Å². The summed E-state index contributed by atoms with van der Waals surface area (Å²) in [6.45, 7) is 3.35. The average molecular weight is 243 g/mol. The van der Waals surface area contributed by atoms with Crippen LogP contribution in [-0.4, -0.2) is 12.6 Å². The molecule has 98 valence electrons. The zero-order valence-electron chi connectivity index (χ0n) is 11.5. The van der Waals surface area contributed by atoms with Crippen LogP contribution in [0.4, 0.5) is 0 Å². The van der Waals surface area contributed by atoms with Crippen molar-refractivity contribution < 1.29 is 0 Å². The molecule has 2 aliphatic carbocycles. The van der Waals surface area contributed by atoms with Crippen LogP contribution in [0.3, 0.4) is 0 Å². The molecule has 1 aromatic rings. The summed E-state index contributed by atoms with van der Waals surface area (Å²) < 4.78 is 0. The van der Waals surface area contributed by atoms with Gasteiger partial charge in [-0.05, 0) is 55.2 Å². The van der Waals surface area contributed by atoms with Crippen molar-refractivity contribution in [1.82, 2.24) is 5.32 Å². The van der Waals surface area contributed by atoms with Gasteiger partial charge in [0.25, 0.3) is 0 Å². The van der Waals surface area contributed by atoms with Gasteiger partial charge in [0.1, 0.15) is 0 Å². The molecular weight excluding hydrogens is 218 g/mol. The molecule has 0 heterocycles. The molecule has 0 radical (unpaired) electrons. The van der Waals surface area contributed by atoms with Crippen molar-refractivity contribution in [2.75, 3.05) is 6.54 Å². The predicted octanol–water partition coefficient (Wildman–Crippen LogP) is 3.88. The monoisotopic (exact) mass is 243 g/mol. The largest absolute Gasteiger partial charge is 0.314 e. The molecule has 18 heavy (non-hydrogen) atoms. The highest BCUT2D eigenvalue weighted by Crippen LogP contribution is 2.40. The zero-order chi connectivity index (χ0) is 12.4. The molecule has 1 saturated carbocycles. The molecule has 3 rings (SSSR count). The van der Waals surface area contributed by atoms with Gasteiger partial charge in [-0.3, -0.25) is 0 Å². The van der Waals surface area contributed by atoms with Crippen molar-refractivity contribution in [2.45, 2.75) is 57.4 Å². The van der Waals surface area contributed by atoms with Crippen molar-refractivity contribution in [3.05, 3.63) is 35.4 Å². The Kier molecular flexibility index (Phi) is 3.69. The van der Waals surface area contributed by atoms with E-state index in [-0.39, 0.29) is 0 Å². The van der Waals surface area contributed by atoms with Gasteiger partial charge in [0.2, 0.25) is 0 Å². The summed E-state index contributed by atoms with van der Waals surface area (Å²) in [7, 11) is 0. The molecule has 1 fully saturated rings. The second-order valence-electron chi connectivity index (χ2n) is 6.04. The zero-order valence-corrected chi connectivity index (χ0v) is 11.5. The molecular formula is C17H25N. The van der Waals surface area contributed by atoms with Gasteiger partial charge in [-0.2, -0.15) is 0 Å². The smallest absolute Gasteiger partial charge is 0.0138 e. The van der Waals surface area contributed by atoms with E-state index in [1.165, 1.54) is 38.5 Å². The van der Waals surface area contributed by atoms with E-state index < -0.39 is 0 Å². The number of benzene rings is 1. The number of fused-ring (bicyclic) bond motifs is 1. The van der Waals surface area contributed by atoms with E-state index in [0.717, 1.165) is 18.4 Å². The fraction of sp³-hybridized carbons (Fsp3) is 0.647. The summed E-state index contributed by atoms with van der Waals surface area (Å²) >= 11 is 0. The van der Waals surface area contributed by atoms with Crippen molar-refractivity contribution in [3.8, 4) is 0 Å². The topological polar surface area (TPSA) is 12.0 Å². The van der Waals surface area contributed by atoms with Crippen molar-refractivity contribution >= 4 is 0 Å². The molecule has 0 aliphatic heterocycles. The molecule has 2 unspecified atom stereocenters. The Balaban J connectivity index is 1.80.